The molecule has 0 saturated carbocycles. The lowest BCUT2D eigenvalue weighted by Gasteiger charge is -2.13. The van der Waals surface area contributed by atoms with Gasteiger partial charge in [-0.1, -0.05) is 6.07 Å². The fraction of sp³-hybridized carbons (Fsp3) is 0.222. The normalized spacial score (nSPS) is 12.7. The summed E-state index contributed by atoms with van der Waals surface area (Å²) in [5, 5.41) is 23.0. The molecular weight excluding hydrogens is 346 g/mol. The SMILES string of the molecule is CNCCc1nnc2n1-c1ccc([N+](=O)[O-])cc1C(c1ccccn1)=NC2. The minimum atomic E-state index is -0.407. The van der Waals surface area contributed by atoms with Crippen LogP contribution in [0.15, 0.2) is 47.6 Å². The van der Waals surface area contributed by atoms with Crippen molar-refractivity contribution >= 4 is 11.4 Å². The van der Waals surface area contributed by atoms with Crippen LogP contribution in [-0.4, -0.2) is 44.0 Å². The molecule has 1 aliphatic rings. The Bertz CT molecular complexity index is 1030. The van der Waals surface area contributed by atoms with Gasteiger partial charge in [0.25, 0.3) is 5.69 Å². The van der Waals surface area contributed by atoms with E-state index in [4.69, 9.17) is 0 Å². The van der Waals surface area contributed by atoms with Crippen molar-refractivity contribution in [3.05, 3.63) is 75.6 Å². The largest absolute Gasteiger partial charge is 0.319 e. The fourth-order valence-corrected chi connectivity index (χ4v) is 3.11. The lowest BCUT2D eigenvalue weighted by Crippen LogP contribution is -2.15. The van der Waals surface area contributed by atoms with Gasteiger partial charge in [0.1, 0.15) is 12.4 Å². The molecule has 0 spiro atoms. The lowest BCUT2D eigenvalue weighted by atomic mass is 10.0. The second kappa shape index (κ2) is 7.04. The van der Waals surface area contributed by atoms with Crippen molar-refractivity contribution in [3.63, 3.8) is 0 Å². The van der Waals surface area contributed by atoms with Crippen molar-refractivity contribution < 1.29 is 4.92 Å². The molecule has 0 fully saturated rings. The maximum absolute atomic E-state index is 11.3. The average molecular weight is 363 g/mol. The van der Waals surface area contributed by atoms with E-state index in [-0.39, 0.29) is 5.69 Å². The molecular formula is C18H17N7O2. The van der Waals surface area contributed by atoms with Crippen molar-refractivity contribution in [3.8, 4) is 5.69 Å². The summed E-state index contributed by atoms with van der Waals surface area (Å²) in [6.45, 7) is 1.06. The van der Waals surface area contributed by atoms with Crippen molar-refractivity contribution in [1.29, 1.82) is 0 Å². The smallest absolute Gasteiger partial charge is 0.270 e. The van der Waals surface area contributed by atoms with Gasteiger partial charge in [-0.15, -0.1) is 10.2 Å². The minimum absolute atomic E-state index is 0.00526. The predicted molar refractivity (Wildman–Crippen MR) is 99.2 cm³/mol. The Morgan fingerprint density at radius 1 is 1.26 bits per heavy atom. The first-order valence-corrected chi connectivity index (χ1v) is 8.52. The highest BCUT2D eigenvalue weighted by atomic mass is 16.6. The number of rotatable bonds is 5. The number of likely N-dealkylation sites (N-methyl/N-ethyl adjacent to an activating group) is 1. The zero-order chi connectivity index (χ0) is 18.8. The summed E-state index contributed by atoms with van der Waals surface area (Å²) in [4.78, 5) is 20.0. The number of fused-ring (bicyclic) bond motifs is 3. The van der Waals surface area contributed by atoms with Gasteiger partial charge in [-0.2, -0.15) is 0 Å². The fourth-order valence-electron chi connectivity index (χ4n) is 3.11. The number of hydrogen-bond acceptors (Lipinski definition) is 7. The highest BCUT2D eigenvalue weighted by molar-refractivity contribution is 6.14. The van der Waals surface area contributed by atoms with E-state index < -0.39 is 4.92 Å². The highest BCUT2D eigenvalue weighted by Gasteiger charge is 2.25. The quantitative estimate of drug-likeness (QED) is 0.545. The second-order valence-electron chi connectivity index (χ2n) is 6.06. The first-order valence-electron chi connectivity index (χ1n) is 8.52. The molecule has 136 valence electrons. The van der Waals surface area contributed by atoms with Crippen LogP contribution >= 0.6 is 0 Å². The van der Waals surface area contributed by atoms with E-state index in [1.165, 1.54) is 6.07 Å². The second-order valence-corrected chi connectivity index (χ2v) is 6.06. The van der Waals surface area contributed by atoms with Gasteiger partial charge in [-0.05, 0) is 25.2 Å². The van der Waals surface area contributed by atoms with Crippen molar-refractivity contribution in [2.24, 2.45) is 4.99 Å². The molecule has 0 saturated heterocycles. The average Bonchev–Trinajstić information content (AvgIpc) is 3.02. The number of nitro benzene ring substituents is 1. The summed E-state index contributed by atoms with van der Waals surface area (Å²) < 4.78 is 1.94. The van der Waals surface area contributed by atoms with E-state index in [1.54, 1.807) is 18.3 Å². The van der Waals surface area contributed by atoms with Gasteiger partial charge in [0.15, 0.2) is 5.82 Å². The maximum atomic E-state index is 11.3. The molecule has 2 aromatic heterocycles. The summed E-state index contributed by atoms with van der Waals surface area (Å²) in [6.07, 6.45) is 2.36. The van der Waals surface area contributed by atoms with Crippen LogP contribution in [0.5, 0.6) is 0 Å². The van der Waals surface area contributed by atoms with E-state index in [9.17, 15) is 10.1 Å². The minimum Gasteiger partial charge on any atom is -0.319 e. The number of pyridine rings is 1. The summed E-state index contributed by atoms with van der Waals surface area (Å²) in [7, 11) is 1.87. The van der Waals surface area contributed by atoms with Crippen LogP contribution in [0.3, 0.4) is 0 Å². The van der Waals surface area contributed by atoms with E-state index in [0.717, 1.165) is 18.1 Å². The maximum Gasteiger partial charge on any atom is 0.270 e. The number of hydrogen-bond donors (Lipinski definition) is 1. The molecule has 0 amide bonds. The molecule has 0 unspecified atom stereocenters. The Morgan fingerprint density at radius 3 is 2.89 bits per heavy atom. The van der Waals surface area contributed by atoms with Gasteiger partial charge >= 0.3 is 0 Å². The Balaban J connectivity index is 1.93. The van der Waals surface area contributed by atoms with E-state index >= 15 is 0 Å². The monoisotopic (exact) mass is 363 g/mol. The zero-order valence-electron chi connectivity index (χ0n) is 14.7. The standard InChI is InChI=1S/C18H17N7O2/c1-19-9-7-16-22-23-17-11-21-18(14-4-2-3-8-20-14)13-10-12(25(26)27)5-6-15(13)24(16)17/h2-6,8,10,19H,7,9,11H2,1H3. The van der Waals surface area contributed by atoms with Crippen LogP contribution in [0.25, 0.3) is 5.69 Å². The van der Waals surface area contributed by atoms with Crippen molar-refractivity contribution in [2.45, 2.75) is 13.0 Å². The van der Waals surface area contributed by atoms with Crippen LogP contribution in [0, 0.1) is 10.1 Å². The number of nitrogens with zero attached hydrogens (tertiary/aromatic N) is 6. The molecule has 9 nitrogen and oxygen atoms in total. The number of benzene rings is 1. The highest BCUT2D eigenvalue weighted by Crippen LogP contribution is 2.28. The molecule has 27 heavy (non-hydrogen) atoms. The number of nitro groups is 1. The van der Waals surface area contributed by atoms with Gasteiger partial charge in [-0.3, -0.25) is 24.7 Å². The van der Waals surface area contributed by atoms with E-state index in [2.05, 4.69) is 25.5 Å². The van der Waals surface area contributed by atoms with Gasteiger partial charge < -0.3 is 5.32 Å². The van der Waals surface area contributed by atoms with Crippen molar-refractivity contribution in [1.82, 2.24) is 25.1 Å². The van der Waals surface area contributed by atoms with Crippen LogP contribution in [0.2, 0.25) is 0 Å². The summed E-state index contributed by atoms with van der Waals surface area (Å²) in [5.74, 6) is 1.48. The first kappa shape index (κ1) is 17.0. The number of nitrogens with one attached hydrogen (secondary N) is 1. The topological polar surface area (TPSA) is 111 Å². The molecule has 0 radical (unpaired) electrons. The Hall–Kier alpha value is -3.46. The summed E-state index contributed by atoms with van der Waals surface area (Å²) in [6, 6.07) is 10.3. The van der Waals surface area contributed by atoms with Crippen LogP contribution in [-0.2, 0) is 13.0 Å². The Kier molecular flexibility index (Phi) is 4.43. The molecule has 1 aromatic carbocycles. The molecule has 0 bridgehead atoms. The molecule has 1 aliphatic heterocycles. The first-order chi connectivity index (χ1) is 13.2. The van der Waals surface area contributed by atoms with Crippen molar-refractivity contribution in [2.75, 3.05) is 13.6 Å². The van der Waals surface area contributed by atoms with E-state index in [0.29, 0.717) is 35.8 Å². The third-order valence-electron chi connectivity index (χ3n) is 4.37. The zero-order valence-corrected chi connectivity index (χ0v) is 14.7. The summed E-state index contributed by atoms with van der Waals surface area (Å²) in [5.41, 5.74) is 2.69. The van der Waals surface area contributed by atoms with Gasteiger partial charge in [-0.25, -0.2) is 0 Å². The lowest BCUT2D eigenvalue weighted by molar-refractivity contribution is -0.384. The van der Waals surface area contributed by atoms with Gasteiger partial charge in [0, 0.05) is 36.9 Å². The molecule has 9 heteroatoms. The van der Waals surface area contributed by atoms with Crippen LogP contribution in [0.1, 0.15) is 22.9 Å². The van der Waals surface area contributed by atoms with Gasteiger partial charge in [0.05, 0.1) is 22.0 Å². The Morgan fingerprint density at radius 2 is 2.15 bits per heavy atom. The molecule has 0 aliphatic carbocycles. The molecule has 0 atom stereocenters. The van der Waals surface area contributed by atoms with Crippen LogP contribution in [0.4, 0.5) is 5.69 Å². The molecule has 3 aromatic rings. The molecule has 3 heterocycles. The van der Waals surface area contributed by atoms with Crippen LogP contribution < -0.4 is 5.32 Å². The number of non-ortho nitro benzene ring substituents is 1. The third-order valence-corrected chi connectivity index (χ3v) is 4.37. The Labute approximate surface area is 155 Å². The molecule has 4 rings (SSSR count). The predicted octanol–water partition coefficient (Wildman–Crippen LogP) is 1.68. The number of aliphatic imine (C=N–C) groups is 1. The van der Waals surface area contributed by atoms with Gasteiger partial charge in [0.2, 0.25) is 0 Å². The third kappa shape index (κ3) is 3.08. The number of aromatic nitrogens is 4. The summed E-state index contributed by atoms with van der Waals surface area (Å²) >= 11 is 0. The molecule has 1 N–H and O–H groups in total. The van der Waals surface area contributed by atoms with E-state index in [1.807, 2.05) is 29.8 Å².